The molecule has 8 nitrogen and oxygen atoms in total. The molecule has 2 amide bonds. The number of amides is 2. The first-order chi connectivity index (χ1) is 16.3. The summed E-state index contributed by atoms with van der Waals surface area (Å²) in [6.07, 6.45) is -1.55. The van der Waals surface area contributed by atoms with Crippen molar-refractivity contribution in [1.82, 2.24) is 10.2 Å². The van der Waals surface area contributed by atoms with E-state index < -0.39 is 36.2 Å². The van der Waals surface area contributed by atoms with E-state index in [4.69, 9.17) is 4.74 Å². The molecule has 1 saturated heterocycles. The number of carboxylic acids is 1. The Labute approximate surface area is 198 Å². The number of aliphatic hydroxyl groups excluding tert-OH is 1. The topological polar surface area (TPSA) is 116 Å². The van der Waals surface area contributed by atoms with Crippen LogP contribution in [0.2, 0.25) is 0 Å². The van der Waals surface area contributed by atoms with Gasteiger partial charge in [-0.25, -0.2) is 9.59 Å². The van der Waals surface area contributed by atoms with Gasteiger partial charge in [-0.15, -0.1) is 0 Å². The van der Waals surface area contributed by atoms with Gasteiger partial charge >= 0.3 is 12.1 Å². The van der Waals surface area contributed by atoms with Gasteiger partial charge in [-0.1, -0.05) is 62.4 Å². The molecule has 3 N–H and O–H groups in total. The molecule has 1 aliphatic heterocycles. The van der Waals surface area contributed by atoms with E-state index in [0.717, 1.165) is 22.3 Å². The van der Waals surface area contributed by atoms with E-state index in [1.807, 2.05) is 50.2 Å². The molecular formula is C26H30N2O6. The molecule has 1 fully saturated rings. The summed E-state index contributed by atoms with van der Waals surface area (Å²) in [5.74, 6) is -1.71. The van der Waals surface area contributed by atoms with E-state index in [-0.39, 0.29) is 37.8 Å². The van der Waals surface area contributed by atoms with Crippen molar-refractivity contribution >= 4 is 18.0 Å². The molecule has 3 atom stereocenters. The van der Waals surface area contributed by atoms with Crippen LogP contribution < -0.4 is 5.32 Å². The number of nitrogens with one attached hydrogen (secondary N) is 1. The van der Waals surface area contributed by atoms with Gasteiger partial charge in [-0.2, -0.15) is 0 Å². The third-order valence-electron chi connectivity index (χ3n) is 6.73. The zero-order valence-corrected chi connectivity index (χ0v) is 19.3. The Balaban J connectivity index is 1.39. The first-order valence-electron chi connectivity index (χ1n) is 11.6. The van der Waals surface area contributed by atoms with Crippen LogP contribution >= 0.6 is 0 Å². The van der Waals surface area contributed by atoms with Gasteiger partial charge in [0.15, 0.2) is 0 Å². The molecule has 0 saturated carbocycles. The standard InChI is InChI=1S/C26H30N2O6/c1-15(2)22(12-24(30)28-13-16(29)11-23(28)25(31)32)27-26(33)34-14-21-19-9-5-3-7-17(19)18-8-4-6-10-20(18)21/h3-10,15-16,21-23,29H,11-14H2,1-2H3,(H,27,33)(H,31,32)/t16-,22-,23-/m0/s1. The monoisotopic (exact) mass is 466 g/mol. The van der Waals surface area contributed by atoms with Crippen LogP contribution in [0.15, 0.2) is 48.5 Å². The minimum absolute atomic E-state index is 0.00717. The molecule has 1 aliphatic carbocycles. The fourth-order valence-electron chi connectivity index (χ4n) is 4.87. The van der Waals surface area contributed by atoms with E-state index in [0.29, 0.717) is 0 Å². The Morgan fingerprint density at radius 1 is 1.06 bits per heavy atom. The number of β-amino-alcohol motifs (C(OH)–C–C–N with tert-alkyl or cyclic N) is 1. The smallest absolute Gasteiger partial charge is 0.407 e. The van der Waals surface area contributed by atoms with E-state index in [9.17, 15) is 24.6 Å². The molecule has 8 heteroatoms. The van der Waals surface area contributed by atoms with Crippen LogP contribution in [0.1, 0.15) is 43.7 Å². The van der Waals surface area contributed by atoms with Crippen LogP contribution in [0, 0.1) is 5.92 Å². The number of fused-ring (bicyclic) bond motifs is 3. The second-order valence-electron chi connectivity index (χ2n) is 9.31. The SMILES string of the molecule is CC(C)[C@H](CC(=O)N1C[C@@H](O)C[C@H]1C(=O)O)NC(=O)OCC1c2ccccc2-c2ccccc21. The van der Waals surface area contributed by atoms with Gasteiger partial charge < -0.3 is 25.2 Å². The van der Waals surface area contributed by atoms with Crippen LogP contribution in [0.4, 0.5) is 4.79 Å². The molecule has 0 aromatic heterocycles. The minimum Gasteiger partial charge on any atom is -0.480 e. The van der Waals surface area contributed by atoms with Crippen LogP contribution in [0.3, 0.4) is 0 Å². The maximum Gasteiger partial charge on any atom is 0.407 e. The summed E-state index contributed by atoms with van der Waals surface area (Å²) < 4.78 is 5.59. The van der Waals surface area contributed by atoms with Crippen LogP contribution in [0.5, 0.6) is 0 Å². The zero-order chi connectivity index (χ0) is 24.4. The number of hydrogen-bond donors (Lipinski definition) is 3. The second-order valence-corrected chi connectivity index (χ2v) is 9.31. The predicted octanol–water partition coefficient (Wildman–Crippen LogP) is 2.99. The van der Waals surface area contributed by atoms with Crippen LogP contribution in [-0.2, 0) is 14.3 Å². The van der Waals surface area contributed by atoms with E-state index in [2.05, 4.69) is 17.4 Å². The fraction of sp³-hybridized carbons (Fsp3) is 0.423. The Bertz CT molecular complexity index is 1040. The zero-order valence-electron chi connectivity index (χ0n) is 19.3. The number of likely N-dealkylation sites (tertiary alicyclic amines) is 1. The Hall–Kier alpha value is -3.39. The lowest BCUT2D eigenvalue weighted by Gasteiger charge is -2.27. The summed E-state index contributed by atoms with van der Waals surface area (Å²) in [6.45, 7) is 3.88. The molecular weight excluding hydrogens is 436 g/mol. The van der Waals surface area contributed by atoms with Gasteiger partial charge in [0.05, 0.1) is 6.10 Å². The lowest BCUT2D eigenvalue weighted by atomic mass is 9.98. The summed E-state index contributed by atoms with van der Waals surface area (Å²) in [5, 5.41) is 22.0. The van der Waals surface area contributed by atoms with Crippen molar-refractivity contribution in [2.24, 2.45) is 5.92 Å². The van der Waals surface area contributed by atoms with Gasteiger partial charge in [0.2, 0.25) is 5.91 Å². The van der Waals surface area contributed by atoms with E-state index in [1.165, 1.54) is 4.90 Å². The molecule has 1 heterocycles. The molecule has 0 unspecified atom stereocenters. The van der Waals surface area contributed by atoms with Crippen molar-refractivity contribution in [3.05, 3.63) is 59.7 Å². The third-order valence-corrected chi connectivity index (χ3v) is 6.73. The molecule has 180 valence electrons. The molecule has 0 bridgehead atoms. The summed E-state index contributed by atoms with van der Waals surface area (Å²) in [7, 11) is 0. The van der Waals surface area contributed by atoms with Crippen molar-refractivity contribution in [3.8, 4) is 11.1 Å². The Morgan fingerprint density at radius 2 is 1.65 bits per heavy atom. The highest BCUT2D eigenvalue weighted by atomic mass is 16.5. The van der Waals surface area contributed by atoms with Gasteiger partial charge in [0, 0.05) is 31.3 Å². The number of benzene rings is 2. The van der Waals surface area contributed by atoms with Gasteiger partial charge in [-0.3, -0.25) is 4.79 Å². The highest BCUT2D eigenvalue weighted by Crippen LogP contribution is 2.44. The normalized spacial score (nSPS) is 20.1. The van der Waals surface area contributed by atoms with Gasteiger partial charge in [0.1, 0.15) is 12.6 Å². The highest BCUT2D eigenvalue weighted by molar-refractivity contribution is 5.85. The summed E-state index contributed by atoms with van der Waals surface area (Å²) in [4.78, 5) is 38.1. The Kier molecular flexibility index (Phi) is 6.88. The number of ether oxygens (including phenoxy) is 1. The molecule has 2 aromatic rings. The number of aliphatic hydroxyl groups is 1. The average Bonchev–Trinajstić information content (AvgIpc) is 3.35. The number of aliphatic carboxylic acids is 1. The number of nitrogens with zero attached hydrogens (tertiary/aromatic N) is 1. The minimum atomic E-state index is -1.14. The van der Waals surface area contributed by atoms with Crippen molar-refractivity contribution in [2.75, 3.05) is 13.2 Å². The molecule has 0 spiro atoms. The summed E-state index contributed by atoms with van der Waals surface area (Å²) in [6, 6.07) is 14.5. The van der Waals surface area contributed by atoms with Crippen molar-refractivity contribution in [1.29, 1.82) is 0 Å². The molecule has 0 radical (unpaired) electrons. The maximum absolute atomic E-state index is 12.8. The average molecular weight is 467 g/mol. The highest BCUT2D eigenvalue weighted by Gasteiger charge is 2.39. The first-order valence-corrected chi connectivity index (χ1v) is 11.6. The Morgan fingerprint density at radius 3 is 2.21 bits per heavy atom. The van der Waals surface area contributed by atoms with Crippen LogP contribution in [-0.4, -0.2) is 64.4 Å². The summed E-state index contributed by atoms with van der Waals surface area (Å²) >= 11 is 0. The molecule has 2 aromatic carbocycles. The summed E-state index contributed by atoms with van der Waals surface area (Å²) in [5.41, 5.74) is 4.50. The number of carboxylic acid groups (broad SMARTS) is 1. The predicted molar refractivity (Wildman–Crippen MR) is 125 cm³/mol. The van der Waals surface area contributed by atoms with Gasteiger partial charge in [0.25, 0.3) is 0 Å². The first kappa shape index (κ1) is 23.8. The molecule has 2 aliphatic rings. The molecule has 4 rings (SSSR count). The fourth-order valence-corrected chi connectivity index (χ4v) is 4.87. The second kappa shape index (κ2) is 9.85. The van der Waals surface area contributed by atoms with Crippen molar-refractivity contribution in [2.45, 2.75) is 50.8 Å². The van der Waals surface area contributed by atoms with Crippen LogP contribution in [0.25, 0.3) is 11.1 Å². The number of carbonyl (C=O) groups is 3. The number of rotatable bonds is 7. The number of alkyl carbamates (subject to hydrolysis) is 1. The largest absolute Gasteiger partial charge is 0.480 e. The van der Waals surface area contributed by atoms with E-state index in [1.54, 1.807) is 0 Å². The molecule has 34 heavy (non-hydrogen) atoms. The quantitative estimate of drug-likeness (QED) is 0.578. The lowest BCUT2D eigenvalue weighted by Crippen LogP contribution is -2.46. The number of hydrogen-bond acceptors (Lipinski definition) is 5. The van der Waals surface area contributed by atoms with E-state index >= 15 is 0 Å². The lowest BCUT2D eigenvalue weighted by molar-refractivity contribution is -0.148. The maximum atomic E-state index is 12.8. The third kappa shape index (κ3) is 4.77. The van der Waals surface area contributed by atoms with Gasteiger partial charge in [-0.05, 0) is 28.2 Å². The number of carbonyl (C=O) groups excluding carboxylic acids is 2. The van der Waals surface area contributed by atoms with Crippen molar-refractivity contribution in [3.63, 3.8) is 0 Å². The van der Waals surface area contributed by atoms with Crippen molar-refractivity contribution < 1.29 is 29.3 Å².